The van der Waals surface area contributed by atoms with Gasteiger partial charge in [-0.05, 0) is 31.5 Å². The molecule has 17 heavy (non-hydrogen) atoms. The van der Waals surface area contributed by atoms with E-state index in [1.807, 2.05) is 0 Å². The Morgan fingerprint density at radius 3 is 2.35 bits per heavy atom. The SMILES string of the molecule is NCC1(CNC(=O)c2cc(F)cc(F)c2)CC1. The molecule has 0 unspecified atom stereocenters. The number of hydrogen-bond donors (Lipinski definition) is 2. The van der Waals surface area contributed by atoms with Gasteiger partial charge in [-0.15, -0.1) is 0 Å². The Kier molecular flexibility index (Phi) is 3.11. The van der Waals surface area contributed by atoms with E-state index in [0.29, 0.717) is 13.1 Å². The van der Waals surface area contributed by atoms with Crippen molar-refractivity contribution in [1.29, 1.82) is 0 Å². The molecule has 0 atom stereocenters. The van der Waals surface area contributed by atoms with Crippen LogP contribution >= 0.6 is 0 Å². The Balaban J connectivity index is 1.99. The molecular formula is C12H14F2N2O. The van der Waals surface area contributed by atoms with Gasteiger partial charge in [0.05, 0.1) is 0 Å². The summed E-state index contributed by atoms with van der Waals surface area (Å²) in [6, 6.07) is 2.76. The van der Waals surface area contributed by atoms with Crippen molar-refractivity contribution in [1.82, 2.24) is 5.32 Å². The molecule has 0 aromatic heterocycles. The van der Waals surface area contributed by atoms with Crippen LogP contribution in [0.2, 0.25) is 0 Å². The molecule has 0 heterocycles. The van der Waals surface area contributed by atoms with Gasteiger partial charge in [-0.3, -0.25) is 4.79 Å². The van der Waals surface area contributed by atoms with E-state index in [4.69, 9.17) is 5.73 Å². The van der Waals surface area contributed by atoms with Crippen LogP contribution in [0.25, 0.3) is 0 Å². The smallest absolute Gasteiger partial charge is 0.251 e. The summed E-state index contributed by atoms with van der Waals surface area (Å²) in [6.45, 7) is 0.977. The van der Waals surface area contributed by atoms with Crippen LogP contribution in [0.15, 0.2) is 18.2 Å². The highest BCUT2D eigenvalue weighted by atomic mass is 19.1. The third-order valence-electron chi connectivity index (χ3n) is 3.14. The normalized spacial score (nSPS) is 16.6. The topological polar surface area (TPSA) is 55.1 Å². The number of benzene rings is 1. The van der Waals surface area contributed by atoms with Crippen LogP contribution in [0.4, 0.5) is 8.78 Å². The monoisotopic (exact) mass is 240 g/mol. The molecule has 0 bridgehead atoms. The Morgan fingerprint density at radius 2 is 1.88 bits per heavy atom. The predicted octanol–water partition coefficient (Wildman–Crippen LogP) is 1.43. The molecule has 0 radical (unpaired) electrons. The fourth-order valence-corrected chi connectivity index (χ4v) is 1.68. The van der Waals surface area contributed by atoms with Gasteiger partial charge in [0, 0.05) is 23.6 Å². The van der Waals surface area contributed by atoms with Crippen molar-refractivity contribution in [3.05, 3.63) is 35.4 Å². The zero-order valence-corrected chi connectivity index (χ0v) is 9.30. The van der Waals surface area contributed by atoms with E-state index in [-0.39, 0.29) is 11.0 Å². The lowest BCUT2D eigenvalue weighted by atomic mass is 10.1. The van der Waals surface area contributed by atoms with Crippen LogP contribution in [0.3, 0.4) is 0 Å². The first kappa shape index (κ1) is 12.0. The van der Waals surface area contributed by atoms with Crippen LogP contribution in [-0.4, -0.2) is 19.0 Å². The van der Waals surface area contributed by atoms with Gasteiger partial charge in [-0.1, -0.05) is 0 Å². The van der Waals surface area contributed by atoms with Gasteiger partial charge in [0.15, 0.2) is 0 Å². The predicted molar refractivity (Wildman–Crippen MR) is 59.4 cm³/mol. The van der Waals surface area contributed by atoms with E-state index in [1.54, 1.807) is 0 Å². The van der Waals surface area contributed by atoms with Crippen LogP contribution in [0, 0.1) is 17.0 Å². The summed E-state index contributed by atoms with van der Waals surface area (Å²) < 4.78 is 25.8. The first-order chi connectivity index (χ1) is 8.04. The molecule has 2 rings (SSSR count). The number of carbonyl (C=O) groups excluding carboxylic acids is 1. The summed E-state index contributed by atoms with van der Waals surface area (Å²) in [6.07, 6.45) is 1.97. The molecule has 1 aliphatic carbocycles. The highest BCUT2D eigenvalue weighted by Crippen LogP contribution is 2.43. The van der Waals surface area contributed by atoms with E-state index in [0.717, 1.165) is 31.0 Å². The van der Waals surface area contributed by atoms with E-state index in [2.05, 4.69) is 5.32 Å². The summed E-state index contributed by atoms with van der Waals surface area (Å²) in [5.41, 5.74) is 5.57. The molecule has 0 saturated heterocycles. The van der Waals surface area contributed by atoms with Crippen LogP contribution in [0.5, 0.6) is 0 Å². The van der Waals surface area contributed by atoms with E-state index < -0.39 is 17.5 Å². The molecule has 1 amide bonds. The Bertz CT molecular complexity index is 424. The molecule has 1 aromatic carbocycles. The van der Waals surface area contributed by atoms with Crippen molar-refractivity contribution in [2.45, 2.75) is 12.8 Å². The second-order valence-electron chi connectivity index (χ2n) is 4.54. The molecule has 3 N–H and O–H groups in total. The van der Waals surface area contributed by atoms with E-state index in [9.17, 15) is 13.6 Å². The Morgan fingerprint density at radius 1 is 1.29 bits per heavy atom. The van der Waals surface area contributed by atoms with Crippen molar-refractivity contribution >= 4 is 5.91 Å². The number of halogens is 2. The Labute approximate surface area is 98.0 Å². The minimum Gasteiger partial charge on any atom is -0.351 e. The highest BCUT2D eigenvalue weighted by Gasteiger charge is 2.41. The Hall–Kier alpha value is -1.49. The van der Waals surface area contributed by atoms with Crippen molar-refractivity contribution < 1.29 is 13.6 Å². The van der Waals surface area contributed by atoms with E-state index in [1.165, 1.54) is 0 Å². The average molecular weight is 240 g/mol. The van der Waals surface area contributed by atoms with Crippen molar-refractivity contribution in [2.75, 3.05) is 13.1 Å². The number of amides is 1. The number of nitrogens with one attached hydrogen (secondary N) is 1. The lowest BCUT2D eigenvalue weighted by Crippen LogP contribution is -2.33. The zero-order valence-electron chi connectivity index (χ0n) is 9.30. The summed E-state index contributed by atoms with van der Waals surface area (Å²) in [7, 11) is 0. The number of carbonyl (C=O) groups is 1. The fraction of sp³-hybridized carbons (Fsp3) is 0.417. The molecule has 92 valence electrons. The molecule has 0 aliphatic heterocycles. The van der Waals surface area contributed by atoms with Gasteiger partial charge in [-0.25, -0.2) is 8.78 Å². The maximum atomic E-state index is 12.9. The van der Waals surface area contributed by atoms with Crippen LogP contribution < -0.4 is 11.1 Å². The number of nitrogens with two attached hydrogens (primary N) is 1. The van der Waals surface area contributed by atoms with Crippen molar-refractivity contribution in [3.63, 3.8) is 0 Å². The second-order valence-corrected chi connectivity index (χ2v) is 4.54. The van der Waals surface area contributed by atoms with Crippen LogP contribution in [0.1, 0.15) is 23.2 Å². The minimum atomic E-state index is -0.755. The quantitative estimate of drug-likeness (QED) is 0.836. The molecule has 1 aromatic rings. The number of hydrogen-bond acceptors (Lipinski definition) is 2. The highest BCUT2D eigenvalue weighted by molar-refractivity contribution is 5.94. The van der Waals surface area contributed by atoms with Crippen LogP contribution in [-0.2, 0) is 0 Å². The molecular weight excluding hydrogens is 226 g/mol. The summed E-state index contributed by atoms with van der Waals surface area (Å²) >= 11 is 0. The number of rotatable bonds is 4. The summed E-state index contributed by atoms with van der Waals surface area (Å²) in [5.74, 6) is -1.98. The first-order valence-corrected chi connectivity index (χ1v) is 5.49. The van der Waals surface area contributed by atoms with Gasteiger partial charge in [0.25, 0.3) is 5.91 Å². The van der Waals surface area contributed by atoms with Crippen molar-refractivity contribution in [3.8, 4) is 0 Å². The standard InChI is InChI=1S/C12H14F2N2O/c13-9-3-8(4-10(14)5-9)11(17)16-7-12(6-15)1-2-12/h3-5H,1-2,6-7,15H2,(H,16,17). The largest absolute Gasteiger partial charge is 0.351 e. The molecule has 5 heteroatoms. The minimum absolute atomic E-state index is 0.00152. The molecule has 1 aliphatic rings. The second kappa shape index (κ2) is 4.41. The molecule has 1 fully saturated rings. The van der Waals surface area contributed by atoms with Gasteiger partial charge in [-0.2, -0.15) is 0 Å². The molecule has 1 saturated carbocycles. The zero-order chi connectivity index (χ0) is 12.5. The van der Waals surface area contributed by atoms with Gasteiger partial charge in [0.1, 0.15) is 11.6 Å². The maximum Gasteiger partial charge on any atom is 0.251 e. The summed E-state index contributed by atoms with van der Waals surface area (Å²) in [4.78, 5) is 11.7. The van der Waals surface area contributed by atoms with Gasteiger partial charge >= 0.3 is 0 Å². The molecule has 0 spiro atoms. The third-order valence-corrected chi connectivity index (χ3v) is 3.14. The summed E-state index contributed by atoms with van der Waals surface area (Å²) in [5, 5.41) is 2.65. The lowest BCUT2D eigenvalue weighted by molar-refractivity contribution is 0.0944. The lowest BCUT2D eigenvalue weighted by Gasteiger charge is -2.13. The molecule has 3 nitrogen and oxygen atoms in total. The van der Waals surface area contributed by atoms with Crippen molar-refractivity contribution in [2.24, 2.45) is 11.1 Å². The average Bonchev–Trinajstić information content (AvgIpc) is 3.05. The first-order valence-electron chi connectivity index (χ1n) is 5.49. The fourth-order valence-electron chi connectivity index (χ4n) is 1.68. The van der Waals surface area contributed by atoms with E-state index >= 15 is 0 Å². The third kappa shape index (κ3) is 2.79. The maximum absolute atomic E-state index is 12.9. The van der Waals surface area contributed by atoms with Gasteiger partial charge < -0.3 is 11.1 Å². The van der Waals surface area contributed by atoms with Gasteiger partial charge in [0.2, 0.25) is 0 Å².